The van der Waals surface area contributed by atoms with Gasteiger partial charge in [0.1, 0.15) is 0 Å². The van der Waals surface area contributed by atoms with Crippen LogP contribution in [0.5, 0.6) is 0 Å². The van der Waals surface area contributed by atoms with Crippen LogP contribution in [0.4, 0.5) is 0 Å². The molecule has 0 fully saturated rings. The first-order valence-electron chi connectivity index (χ1n) is 16.7. The third-order valence-electron chi connectivity index (χ3n) is 10.2. The largest absolute Gasteiger partial charge is 0.0622 e. The summed E-state index contributed by atoms with van der Waals surface area (Å²) in [5.74, 6) is 0. The quantitative estimate of drug-likeness (QED) is 0.138. The second kappa shape index (κ2) is 10.7. The lowest BCUT2D eigenvalue weighted by atomic mass is 9.83. The van der Waals surface area contributed by atoms with Gasteiger partial charge in [0.2, 0.25) is 0 Å². The van der Waals surface area contributed by atoms with Crippen LogP contribution < -0.4 is 0 Å². The van der Waals surface area contributed by atoms with Crippen molar-refractivity contribution < 1.29 is 0 Å². The summed E-state index contributed by atoms with van der Waals surface area (Å²) in [6, 6.07) is 67.0. The first kappa shape index (κ1) is 26.9. The van der Waals surface area contributed by atoms with E-state index >= 15 is 0 Å². The molecule has 0 heterocycles. The lowest BCUT2D eigenvalue weighted by Crippen LogP contribution is -1.93. The molecule has 0 amide bonds. The number of benzene rings is 10. The Morgan fingerprint density at radius 2 is 0.729 bits per heavy atom. The van der Waals surface area contributed by atoms with E-state index in [1.165, 1.54) is 98.4 Å². The predicted octanol–water partition coefficient (Wildman–Crippen LogP) is 13.6. The summed E-state index contributed by atoms with van der Waals surface area (Å²) >= 11 is 0. The van der Waals surface area contributed by atoms with Crippen molar-refractivity contribution in [1.82, 2.24) is 0 Å². The number of hydrogen-bond acceptors (Lipinski definition) is 0. The minimum atomic E-state index is 1.23. The maximum atomic E-state index is 2.40. The molecular weight excluding hydrogens is 577 g/mol. The van der Waals surface area contributed by atoms with Gasteiger partial charge in [0.15, 0.2) is 0 Å². The smallest absolute Gasteiger partial charge is 0.00201 e. The zero-order valence-electron chi connectivity index (χ0n) is 26.3. The van der Waals surface area contributed by atoms with Crippen molar-refractivity contribution in [2.45, 2.75) is 0 Å². The van der Waals surface area contributed by atoms with Crippen LogP contribution in [0.15, 0.2) is 182 Å². The Kier molecular flexibility index (Phi) is 5.98. The third-order valence-corrected chi connectivity index (χ3v) is 10.2. The average Bonchev–Trinajstić information content (AvgIpc) is 3.16. The second-order valence-corrected chi connectivity index (χ2v) is 12.8. The molecule has 222 valence electrons. The Labute approximate surface area is 279 Å². The highest BCUT2D eigenvalue weighted by Gasteiger charge is 2.19. The van der Waals surface area contributed by atoms with Crippen LogP contribution in [0.25, 0.3) is 98.4 Å². The van der Waals surface area contributed by atoms with E-state index in [0.717, 1.165) is 0 Å². The van der Waals surface area contributed by atoms with Gasteiger partial charge in [-0.2, -0.15) is 0 Å². The van der Waals surface area contributed by atoms with Gasteiger partial charge in [-0.15, -0.1) is 0 Å². The summed E-state index contributed by atoms with van der Waals surface area (Å²) in [4.78, 5) is 0. The molecule has 0 saturated heterocycles. The lowest BCUT2D eigenvalue weighted by molar-refractivity contribution is 1.60. The Hall–Kier alpha value is -6.24. The molecule has 0 saturated carbocycles. The maximum Gasteiger partial charge on any atom is -0.00201 e. The monoisotopic (exact) mass is 606 g/mol. The summed E-state index contributed by atoms with van der Waals surface area (Å²) in [6.45, 7) is 0. The Morgan fingerprint density at radius 3 is 1.44 bits per heavy atom. The van der Waals surface area contributed by atoms with Crippen LogP contribution in [0.2, 0.25) is 0 Å². The molecule has 0 unspecified atom stereocenters. The molecule has 0 aliphatic rings. The van der Waals surface area contributed by atoms with Crippen LogP contribution >= 0.6 is 0 Å². The molecule has 0 N–H and O–H groups in total. The second-order valence-electron chi connectivity index (χ2n) is 12.8. The molecule has 10 aromatic carbocycles. The van der Waals surface area contributed by atoms with Gasteiger partial charge in [-0.1, -0.05) is 176 Å². The highest BCUT2D eigenvalue weighted by Crippen LogP contribution is 2.47. The van der Waals surface area contributed by atoms with E-state index in [1.54, 1.807) is 0 Å². The van der Waals surface area contributed by atoms with Crippen molar-refractivity contribution in [3.8, 4) is 44.5 Å². The van der Waals surface area contributed by atoms with Crippen LogP contribution in [0, 0.1) is 0 Å². The zero-order valence-corrected chi connectivity index (χ0v) is 26.3. The SMILES string of the molecule is c1ccc(-c2ccccc2-c2c3ccccc3c(-c3cccc(-c4ccc5ccc6cccc7ccc4c5c67)c3)c3ccccc23)cc1. The van der Waals surface area contributed by atoms with Crippen molar-refractivity contribution in [2.75, 3.05) is 0 Å². The molecule has 10 rings (SSSR count). The summed E-state index contributed by atoms with van der Waals surface area (Å²) in [5.41, 5.74) is 10.0. The van der Waals surface area contributed by atoms with Gasteiger partial charge >= 0.3 is 0 Å². The predicted molar refractivity (Wildman–Crippen MR) is 207 cm³/mol. The van der Waals surface area contributed by atoms with Crippen molar-refractivity contribution in [3.63, 3.8) is 0 Å². The van der Waals surface area contributed by atoms with Gasteiger partial charge in [0.05, 0.1) is 0 Å². The van der Waals surface area contributed by atoms with Crippen molar-refractivity contribution in [1.29, 1.82) is 0 Å². The highest BCUT2D eigenvalue weighted by atomic mass is 14.2. The van der Waals surface area contributed by atoms with Gasteiger partial charge < -0.3 is 0 Å². The molecule has 48 heavy (non-hydrogen) atoms. The average molecular weight is 607 g/mol. The van der Waals surface area contributed by atoms with E-state index in [2.05, 4.69) is 182 Å². The highest BCUT2D eigenvalue weighted by molar-refractivity contribution is 6.26. The fourth-order valence-electron chi connectivity index (χ4n) is 8.13. The van der Waals surface area contributed by atoms with E-state index in [1.807, 2.05) is 0 Å². The van der Waals surface area contributed by atoms with Crippen LogP contribution in [-0.2, 0) is 0 Å². The summed E-state index contributed by atoms with van der Waals surface area (Å²) in [6.07, 6.45) is 0. The van der Waals surface area contributed by atoms with Crippen LogP contribution in [0.3, 0.4) is 0 Å². The van der Waals surface area contributed by atoms with E-state index in [0.29, 0.717) is 0 Å². The molecule has 0 radical (unpaired) electrons. The van der Waals surface area contributed by atoms with Crippen molar-refractivity contribution in [3.05, 3.63) is 182 Å². The van der Waals surface area contributed by atoms with E-state index in [4.69, 9.17) is 0 Å². The number of hydrogen-bond donors (Lipinski definition) is 0. The first-order chi connectivity index (χ1) is 23.8. The van der Waals surface area contributed by atoms with Gasteiger partial charge in [0, 0.05) is 0 Å². The number of fused-ring (bicyclic) bond motifs is 2. The number of rotatable bonds is 4. The van der Waals surface area contributed by atoms with Gasteiger partial charge in [-0.25, -0.2) is 0 Å². The van der Waals surface area contributed by atoms with E-state index in [-0.39, 0.29) is 0 Å². The molecule has 0 spiro atoms. The standard InChI is InChI=1S/C48H30/c1-2-12-31(13-3-1)37-18-4-5-19-39(37)48-42-22-8-6-20-40(42)46(41-21-7-9-23-43(41)48)36-17-11-16-35(30-36)38-28-26-34-25-24-32-14-10-15-33-27-29-44(38)47(34)45(32)33/h1-30H. The fraction of sp³-hybridized carbons (Fsp3) is 0. The molecule has 0 heteroatoms. The third kappa shape index (κ3) is 4.03. The summed E-state index contributed by atoms with van der Waals surface area (Å²) in [5, 5.41) is 13.0. The van der Waals surface area contributed by atoms with Gasteiger partial charge in [0.25, 0.3) is 0 Å². The molecule has 0 bridgehead atoms. The molecular formula is C48H30. The van der Waals surface area contributed by atoms with Crippen molar-refractivity contribution >= 4 is 53.9 Å². The minimum absolute atomic E-state index is 1.23. The molecule has 0 aromatic heterocycles. The molecule has 10 aromatic rings. The Balaban J connectivity index is 1.24. The molecule has 0 aliphatic carbocycles. The first-order valence-corrected chi connectivity index (χ1v) is 16.7. The molecule has 0 atom stereocenters. The summed E-state index contributed by atoms with van der Waals surface area (Å²) in [7, 11) is 0. The minimum Gasteiger partial charge on any atom is -0.0622 e. The Bertz CT molecular complexity index is 2750. The van der Waals surface area contributed by atoms with E-state index < -0.39 is 0 Å². The van der Waals surface area contributed by atoms with Crippen molar-refractivity contribution in [2.24, 2.45) is 0 Å². The van der Waals surface area contributed by atoms with E-state index in [9.17, 15) is 0 Å². The maximum absolute atomic E-state index is 2.40. The van der Waals surface area contributed by atoms with Gasteiger partial charge in [-0.05, 0) is 104 Å². The molecule has 0 aliphatic heterocycles. The normalized spacial score (nSPS) is 11.8. The van der Waals surface area contributed by atoms with Gasteiger partial charge in [-0.3, -0.25) is 0 Å². The van der Waals surface area contributed by atoms with Crippen LogP contribution in [-0.4, -0.2) is 0 Å². The zero-order chi connectivity index (χ0) is 31.6. The van der Waals surface area contributed by atoms with Crippen LogP contribution in [0.1, 0.15) is 0 Å². The Morgan fingerprint density at radius 1 is 0.229 bits per heavy atom. The topological polar surface area (TPSA) is 0 Å². The fourth-order valence-corrected chi connectivity index (χ4v) is 8.13. The molecule has 0 nitrogen and oxygen atoms in total. The lowest BCUT2D eigenvalue weighted by Gasteiger charge is -2.20. The summed E-state index contributed by atoms with van der Waals surface area (Å²) < 4.78 is 0.